The Balaban J connectivity index is 2.01. The van der Waals surface area contributed by atoms with Crippen molar-refractivity contribution in [3.05, 3.63) is 29.3 Å². The Kier molecular flexibility index (Phi) is 3.59. The van der Waals surface area contributed by atoms with Gasteiger partial charge in [-0.3, -0.25) is 9.59 Å². The minimum atomic E-state index is -1.24. The highest BCUT2D eigenvalue weighted by molar-refractivity contribution is 6.30. The standard InChI is InChI=1S/C11H10ClN3O3/c12-6-2-1-3-7(4-6)18-5-8-14-10(16)9(13)11(17)15-8/h1-4,9H,5,13H2,(H,14,15,16,17). The van der Waals surface area contributed by atoms with E-state index < -0.39 is 17.9 Å². The molecule has 0 saturated heterocycles. The van der Waals surface area contributed by atoms with E-state index in [0.29, 0.717) is 10.8 Å². The second-order valence-corrected chi connectivity index (χ2v) is 4.05. The molecule has 1 aromatic carbocycles. The molecule has 0 spiro atoms. The highest BCUT2D eigenvalue weighted by atomic mass is 35.5. The van der Waals surface area contributed by atoms with E-state index in [1.807, 2.05) is 0 Å². The molecule has 0 fully saturated rings. The molecular formula is C11H10ClN3O3. The third kappa shape index (κ3) is 2.85. The van der Waals surface area contributed by atoms with E-state index in [2.05, 4.69) is 10.3 Å². The topological polar surface area (TPSA) is 93.8 Å². The highest BCUT2D eigenvalue weighted by Gasteiger charge is 2.28. The largest absolute Gasteiger partial charge is 0.486 e. The summed E-state index contributed by atoms with van der Waals surface area (Å²) in [7, 11) is 0. The van der Waals surface area contributed by atoms with Gasteiger partial charge < -0.3 is 15.8 Å². The fourth-order valence-corrected chi connectivity index (χ4v) is 1.52. The SMILES string of the molecule is NC1C(=O)N=C(COc2cccc(Cl)c2)NC1=O. The third-order valence-electron chi connectivity index (χ3n) is 2.23. The predicted octanol–water partition coefficient (Wildman–Crippen LogP) is 0.101. The van der Waals surface area contributed by atoms with Crippen LogP contribution in [0.15, 0.2) is 29.3 Å². The minimum Gasteiger partial charge on any atom is -0.486 e. The number of amidine groups is 1. The first kappa shape index (κ1) is 12.5. The molecule has 1 aromatic rings. The molecule has 2 rings (SSSR count). The van der Waals surface area contributed by atoms with E-state index in [9.17, 15) is 9.59 Å². The van der Waals surface area contributed by atoms with Crippen molar-refractivity contribution in [1.29, 1.82) is 0 Å². The number of nitrogens with zero attached hydrogens (tertiary/aromatic N) is 1. The van der Waals surface area contributed by atoms with Crippen LogP contribution < -0.4 is 15.8 Å². The van der Waals surface area contributed by atoms with Gasteiger partial charge in [0.05, 0.1) is 0 Å². The molecule has 0 aliphatic carbocycles. The van der Waals surface area contributed by atoms with Crippen molar-refractivity contribution in [3.63, 3.8) is 0 Å². The maximum absolute atomic E-state index is 11.3. The number of rotatable bonds is 3. The van der Waals surface area contributed by atoms with Gasteiger partial charge >= 0.3 is 0 Å². The first-order chi connectivity index (χ1) is 8.56. The van der Waals surface area contributed by atoms with Gasteiger partial charge in [-0.15, -0.1) is 0 Å². The second kappa shape index (κ2) is 5.16. The number of ether oxygens (including phenoxy) is 1. The number of halogens is 1. The van der Waals surface area contributed by atoms with Gasteiger partial charge in [0.1, 0.15) is 12.4 Å². The van der Waals surface area contributed by atoms with E-state index in [4.69, 9.17) is 22.1 Å². The molecule has 6 nitrogen and oxygen atoms in total. The maximum atomic E-state index is 11.3. The average molecular weight is 268 g/mol. The Labute approximate surface area is 108 Å². The molecule has 1 heterocycles. The third-order valence-corrected chi connectivity index (χ3v) is 2.47. The van der Waals surface area contributed by atoms with Crippen molar-refractivity contribution in [1.82, 2.24) is 5.32 Å². The van der Waals surface area contributed by atoms with Crippen LogP contribution in [0.3, 0.4) is 0 Å². The molecule has 1 aliphatic rings. The first-order valence-electron chi connectivity index (χ1n) is 5.12. The number of nitrogens with one attached hydrogen (secondary N) is 1. The number of hydrogen-bond donors (Lipinski definition) is 2. The predicted molar refractivity (Wildman–Crippen MR) is 65.5 cm³/mol. The molecule has 0 radical (unpaired) electrons. The molecule has 94 valence electrons. The average Bonchev–Trinajstić information content (AvgIpc) is 2.33. The van der Waals surface area contributed by atoms with E-state index >= 15 is 0 Å². The monoisotopic (exact) mass is 267 g/mol. The van der Waals surface area contributed by atoms with Crippen LogP contribution in [0.1, 0.15) is 0 Å². The zero-order chi connectivity index (χ0) is 13.1. The molecule has 0 aromatic heterocycles. The van der Waals surface area contributed by atoms with Crippen molar-refractivity contribution in [2.24, 2.45) is 10.7 Å². The molecule has 1 atom stereocenters. The molecule has 1 aliphatic heterocycles. The van der Waals surface area contributed by atoms with E-state index in [0.717, 1.165) is 0 Å². The molecule has 18 heavy (non-hydrogen) atoms. The van der Waals surface area contributed by atoms with Crippen molar-refractivity contribution in [2.75, 3.05) is 6.61 Å². The van der Waals surface area contributed by atoms with Crippen LogP contribution in [0.25, 0.3) is 0 Å². The van der Waals surface area contributed by atoms with E-state index in [1.54, 1.807) is 24.3 Å². The summed E-state index contributed by atoms with van der Waals surface area (Å²) in [5.74, 6) is -0.614. The number of aliphatic imine (C=N–C) groups is 1. The Morgan fingerprint density at radius 3 is 2.89 bits per heavy atom. The summed E-state index contributed by atoms with van der Waals surface area (Å²) < 4.78 is 5.34. The van der Waals surface area contributed by atoms with Gasteiger partial charge in [-0.1, -0.05) is 17.7 Å². The Hall–Kier alpha value is -1.92. The molecule has 0 bridgehead atoms. The van der Waals surface area contributed by atoms with Crippen LogP contribution in [0.2, 0.25) is 5.02 Å². The molecule has 2 amide bonds. The van der Waals surface area contributed by atoms with Gasteiger partial charge in [-0.2, -0.15) is 4.99 Å². The zero-order valence-corrected chi connectivity index (χ0v) is 9.98. The van der Waals surface area contributed by atoms with Crippen LogP contribution in [0, 0.1) is 0 Å². The number of carbonyl (C=O) groups excluding carboxylic acids is 2. The summed E-state index contributed by atoms with van der Waals surface area (Å²) in [5.41, 5.74) is 5.28. The zero-order valence-electron chi connectivity index (χ0n) is 9.22. The fraction of sp³-hybridized carbons (Fsp3) is 0.182. The van der Waals surface area contributed by atoms with Gasteiger partial charge in [0.15, 0.2) is 11.9 Å². The fourth-order valence-electron chi connectivity index (χ4n) is 1.34. The van der Waals surface area contributed by atoms with Crippen molar-refractivity contribution < 1.29 is 14.3 Å². The molecule has 0 saturated carbocycles. The van der Waals surface area contributed by atoms with Gasteiger partial charge in [0.25, 0.3) is 11.8 Å². The van der Waals surface area contributed by atoms with Gasteiger partial charge in [-0.05, 0) is 18.2 Å². The second-order valence-electron chi connectivity index (χ2n) is 3.61. The van der Waals surface area contributed by atoms with Gasteiger partial charge in [-0.25, -0.2) is 0 Å². The summed E-state index contributed by atoms with van der Waals surface area (Å²) in [4.78, 5) is 26.1. The van der Waals surface area contributed by atoms with Crippen molar-refractivity contribution >= 4 is 29.3 Å². The van der Waals surface area contributed by atoms with E-state index in [-0.39, 0.29) is 12.4 Å². The first-order valence-corrected chi connectivity index (χ1v) is 5.50. The summed E-state index contributed by atoms with van der Waals surface area (Å²) in [6.45, 7) is -0.0372. The summed E-state index contributed by atoms with van der Waals surface area (Å²) in [6.07, 6.45) is 0. The summed E-state index contributed by atoms with van der Waals surface area (Å²) in [6, 6.07) is 5.50. The normalized spacial score (nSPS) is 19.2. The number of hydrogen-bond acceptors (Lipinski definition) is 4. The lowest BCUT2D eigenvalue weighted by molar-refractivity contribution is -0.129. The van der Waals surface area contributed by atoms with Crippen LogP contribution >= 0.6 is 11.6 Å². The van der Waals surface area contributed by atoms with Crippen LogP contribution in [-0.4, -0.2) is 30.3 Å². The van der Waals surface area contributed by atoms with E-state index in [1.165, 1.54) is 0 Å². The minimum absolute atomic E-state index is 0.0372. The van der Waals surface area contributed by atoms with Crippen molar-refractivity contribution in [3.8, 4) is 5.75 Å². The molecule has 3 N–H and O–H groups in total. The lowest BCUT2D eigenvalue weighted by atomic mass is 10.2. The van der Waals surface area contributed by atoms with Crippen LogP contribution in [0.4, 0.5) is 0 Å². The molecular weight excluding hydrogens is 258 g/mol. The quantitative estimate of drug-likeness (QED) is 0.760. The number of benzene rings is 1. The van der Waals surface area contributed by atoms with Crippen molar-refractivity contribution in [2.45, 2.75) is 6.04 Å². The molecule has 7 heteroatoms. The smallest absolute Gasteiger partial charge is 0.274 e. The van der Waals surface area contributed by atoms with Crippen LogP contribution in [0.5, 0.6) is 5.75 Å². The van der Waals surface area contributed by atoms with Gasteiger partial charge in [0.2, 0.25) is 0 Å². The maximum Gasteiger partial charge on any atom is 0.274 e. The number of nitrogens with two attached hydrogens (primary N) is 1. The Morgan fingerprint density at radius 2 is 2.22 bits per heavy atom. The number of carbonyl (C=O) groups is 2. The molecule has 1 unspecified atom stereocenters. The summed E-state index contributed by atoms with van der Waals surface area (Å²) >= 11 is 5.78. The Morgan fingerprint density at radius 1 is 1.44 bits per heavy atom. The summed E-state index contributed by atoms with van der Waals surface area (Å²) in [5, 5.41) is 2.92. The highest BCUT2D eigenvalue weighted by Crippen LogP contribution is 2.16. The van der Waals surface area contributed by atoms with Crippen LogP contribution in [-0.2, 0) is 9.59 Å². The lowest BCUT2D eigenvalue weighted by Gasteiger charge is -2.17. The van der Waals surface area contributed by atoms with Gasteiger partial charge in [0, 0.05) is 5.02 Å². The lowest BCUT2D eigenvalue weighted by Crippen LogP contribution is -2.53. The number of amides is 2. The Bertz CT molecular complexity index is 530.